The fourth-order valence-electron chi connectivity index (χ4n) is 1.24. The van der Waals surface area contributed by atoms with E-state index in [1.165, 1.54) is 24.3 Å². The highest BCUT2D eigenvalue weighted by Gasteiger charge is 2.11. The van der Waals surface area contributed by atoms with Gasteiger partial charge in [-0.1, -0.05) is 6.07 Å². The number of benzene rings is 1. The van der Waals surface area contributed by atoms with Crippen LogP contribution in [0, 0.1) is 10.1 Å². The molecule has 0 amide bonds. The van der Waals surface area contributed by atoms with Crippen molar-refractivity contribution in [2.75, 3.05) is 6.61 Å². The molecule has 5 nitrogen and oxygen atoms in total. The number of hydrogen-bond donors (Lipinski definition) is 0. The summed E-state index contributed by atoms with van der Waals surface area (Å²) in [7, 11) is 0. The average molecular weight is 259 g/mol. The van der Waals surface area contributed by atoms with Crippen molar-refractivity contribution in [2.45, 2.75) is 13.5 Å². The molecule has 0 fully saturated rings. The van der Waals surface area contributed by atoms with E-state index in [1.807, 2.05) is 0 Å². The van der Waals surface area contributed by atoms with Gasteiger partial charge in [0.15, 0.2) is 11.5 Å². The topological polar surface area (TPSA) is 61.6 Å². The van der Waals surface area contributed by atoms with Gasteiger partial charge < -0.3 is 9.47 Å². The fourth-order valence-corrected chi connectivity index (χ4v) is 1.24. The molecule has 98 valence electrons. The van der Waals surface area contributed by atoms with Crippen LogP contribution >= 0.6 is 0 Å². The van der Waals surface area contributed by atoms with Gasteiger partial charge in [-0.05, 0) is 24.6 Å². The number of nitrogens with zero attached hydrogens (tertiary/aromatic N) is 1. The van der Waals surface area contributed by atoms with E-state index >= 15 is 0 Å². The average Bonchev–Trinajstić information content (AvgIpc) is 2.29. The minimum atomic E-state index is -2.95. The van der Waals surface area contributed by atoms with Crippen LogP contribution in [0.3, 0.4) is 0 Å². The molecule has 0 spiro atoms. The normalized spacial score (nSPS) is 10.9. The van der Waals surface area contributed by atoms with Gasteiger partial charge in [-0.3, -0.25) is 10.1 Å². The summed E-state index contributed by atoms with van der Waals surface area (Å²) in [6.07, 6.45) is 1.98. The van der Waals surface area contributed by atoms with Crippen LogP contribution < -0.4 is 9.47 Å². The predicted molar refractivity (Wildman–Crippen MR) is 60.3 cm³/mol. The summed E-state index contributed by atoms with van der Waals surface area (Å²) >= 11 is 0. The largest absolute Gasteiger partial charge is 0.490 e. The van der Waals surface area contributed by atoms with Gasteiger partial charge in [0.05, 0.1) is 11.5 Å². The first-order chi connectivity index (χ1) is 8.52. The second-order valence-corrected chi connectivity index (χ2v) is 3.12. The first kappa shape index (κ1) is 13.9. The number of hydrogen-bond acceptors (Lipinski definition) is 4. The molecular weight excluding hydrogens is 248 g/mol. The molecular formula is C11H11F2NO4. The Morgan fingerprint density at radius 2 is 2.17 bits per heavy atom. The second kappa shape index (κ2) is 6.53. The summed E-state index contributed by atoms with van der Waals surface area (Å²) in [5, 5.41) is 10.2. The monoisotopic (exact) mass is 259 g/mol. The van der Waals surface area contributed by atoms with Crippen LogP contribution in [0.4, 0.5) is 8.78 Å². The summed E-state index contributed by atoms with van der Waals surface area (Å²) in [6.45, 7) is -1.00. The van der Waals surface area contributed by atoms with Crippen LogP contribution in [-0.4, -0.2) is 18.1 Å². The SMILES string of the molecule is CCOc1cc(/C=C/[N+](=O)[O-])ccc1OC(F)F. The predicted octanol–water partition coefficient (Wildman–Crippen LogP) is 2.93. The molecule has 0 aliphatic heterocycles. The maximum atomic E-state index is 12.1. The van der Waals surface area contributed by atoms with Crippen LogP contribution in [0.1, 0.15) is 12.5 Å². The summed E-state index contributed by atoms with van der Waals surface area (Å²) in [5.41, 5.74) is 0.455. The smallest absolute Gasteiger partial charge is 0.387 e. The maximum absolute atomic E-state index is 12.1. The lowest BCUT2D eigenvalue weighted by Crippen LogP contribution is -2.04. The third-order valence-electron chi connectivity index (χ3n) is 1.87. The molecule has 0 aliphatic rings. The summed E-state index contributed by atoms with van der Waals surface area (Å²) in [6, 6.07) is 4.08. The summed E-state index contributed by atoms with van der Waals surface area (Å²) < 4.78 is 33.6. The van der Waals surface area contributed by atoms with Gasteiger partial charge in [0, 0.05) is 6.08 Å². The Morgan fingerprint density at radius 1 is 1.44 bits per heavy atom. The standard InChI is InChI=1S/C11H11F2NO4/c1-2-17-10-7-8(5-6-14(15)16)3-4-9(10)18-11(12)13/h3-7,11H,2H2,1H3/b6-5+. The lowest BCUT2D eigenvalue weighted by Gasteiger charge is -2.11. The second-order valence-electron chi connectivity index (χ2n) is 3.12. The van der Waals surface area contributed by atoms with Crippen molar-refractivity contribution in [1.29, 1.82) is 0 Å². The van der Waals surface area contributed by atoms with Crippen molar-refractivity contribution in [3.8, 4) is 11.5 Å². The zero-order chi connectivity index (χ0) is 13.5. The number of nitro groups is 1. The third-order valence-corrected chi connectivity index (χ3v) is 1.87. The van der Waals surface area contributed by atoms with Gasteiger partial charge >= 0.3 is 6.61 Å². The Hall–Kier alpha value is -2.18. The molecule has 1 rings (SSSR count). The van der Waals surface area contributed by atoms with Crippen molar-refractivity contribution in [3.63, 3.8) is 0 Å². The highest BCUT2D eigenvalue weighted by Crippen LogP contribution is 2.30. The first-order valence-corrected chi connectivity index (χ1v) is 5.06. The van der Waals surface area contributed by atoms with Crippen molar-refractivity contribution < 1.29 is 23.2 Å². The van der Waals surface area contributed by atoms with Gasteiger partial charge in [0.1, 0.15) is 0 Å². The molecule has 18 heavy (non-hydrogen) atoms. The molecule has 0 radical (unpaired) electrons. The van der Waals surface area contributed by atoms with E-state index in [4.69, 9.17) is 4.74 Å². The minimum absolute atomic E-state index is 0.106. The lowest BCUT2D eigenvalue weighted by atomic mass is 10.2. The third kappa shape index (κ3) is 4.36. The molecule has 0 N–H and O–H groups in total. The molecule has 1 aromatic carbocycles. The van der Waals surface area contributed by atoms with Gasteiger partial charge in [-0.2, -0.15) is 8.78 Å². The van der Waals surface area contributed by atoms with E-state index in [9.17, 15) is 18.9 Å². The van der Waals surface area contributed by atoms with Crippen molar-refractivity contribution >= 4 is 6.08 Å². The highest BCUT2D eigenvalue weighted by molar-refractivity contribution is 5.55. The number of rotatable bonds is 6. The number of alkyl halides is 2. The fraction of sp³-hybridized carbons (Fsp3) is 0.273. The maximum Gasteiger partial charge on any atom is 0.387 e. The Morgan fingerprint density at radius 3 is 2.72 bits per heavy atom. The van der Waals surface area contributed by atoms with E-state index < -0.39 is 11.5 Å². The Bertz CT molecular complexity index is 449. The minimum Gasteiger partial charge on any atom is -0.490 e. The van der Waals surface area contributed by atoms with Gasteiger partial charge in [0.25, 0.3) is 0 Å². The zero-order valence-electron chi connectivity index (χ0n) is 9.51. The highest BCUT2D eigenvalue weighted by atomic mass is 19.3. The van der Waals surface area contributed by atoms with E-state index in [1.54, 1.807) is 6.92 Å². The van der Waals surface area contributed by atoms with Gasteiger partial charge in [-0.25, -0.2) is 0 Å². The molecule has 0 aromatic heterocycles. The van der Waals surface area contributed by atoms with Gasteiger partial charge in [-0.15, -0.1) is 0 Å². The molecule has 1 aromatic rings. The first-order valence-electron chi connectivity index (χ1n) is 5.06. The molecule has 0 saturated heterocycles. The van der Waals surface area contributed by atoms with Crippen molar-refractivity contribution in [2.24, 2.45) is 0 Å². The summed E-state index contributed by atoms with van der Waals surface area (Å²) in [5.74, 6) is 0.00778. The molecule has 0 bridgehead atoms. The number of ether oxygens (including phenoxy) is 2. The quantitative estimate of drug-likeness (QED) is 0.582. The molecule has 7 heteroatoms. The lowest BCUT2D eigenvalue weighted by molar-refractivity contribution is -0.400. The number of halogens is 2. The molecule has 0 saturated carbocycles. The molecule has 0 heterocycles. The van der Waals surface area contributed by atoms with Crippen LogP contribution in [0.15, 0.2) is 24.4 Å². The molecule has 0 atom stereocenters. The Labute approximate surface area is 102 Å². The summed E-state index contributed by atoms with van der Waals surface area (Å²) in [4.78, 5) is 9.54. The van der Waals surface area contributed by atoms with Crippen LogP contribution in [0.5, 0.6) is 11.5 Å². The molecule has 0 unspecified atom stereocenters. The van der Waals surface area contributed by atoms with Crippen LogP contribution in [-0.2, 0) is 0 Å². The van der Waals surface area contributed by atoms with E-state index in [0.29, 0.717) is 5.56 Å². The molecule has 0 aliphatic carbocycles. The van der Waals surface area contributed by atoms with Gasteiger partial charge in [0.2, 0.25) is 6.20 Å². The van der Waals surface area contributed by atoms with Crippen molar-refractivity contribution in [1.82, 2.24) is 0 Å². The Balaban J connectivity index is 2.98. The van der Waals surface area contributed by atoms with E-state index in [2.05, 4.69) is 4.74 Å². The van der Waals surface area contributed by atoms with E-state index in [-0.39, 0.29) is 18.1 Å². The zero-order valence-corrected chi connectivity index (χ0v) is 9.51. The van der Waals surface area contributed by atoms with E-state index in [0.717, 1.165) is 6.20 Å². The Kier molecular flexibility index (Phi) is 5.04. The van der Waals surface area contributed by atoms with Crippen LogP contribution in [0.25, 0.3) is 6.08 Å². The van der Waals surface area contributed by atoms with Crippen LogP contribution in [0.2, 0.25) is 0 Å². The van der Waals surface area contributed by atoms with Crippen molar-refractivity contribution in [3.05, 3.63) is 40.1 Å².